The lowest BCUT2D eigenvalue weighted by atomic mass is 10.0. The number of aryl methyl sites for hydroxylation is 1. The van der Waals surface area contributed by atoms with Gasteiger partial charge < -0.3 is 10.2 Å². The molecular formula is C25H31FN2O2. The molecule has 0 heterocycles. The van der Waals surface area contributed by atoms with E-state index < -0.39 is 6.04 Å². The van der Waals surface area contributed by atoms with Gasteiger partial charge in [0.1, 0.15) is 11.9 Å². The van der Waals surface area contributed by atoms with Crippen molar-refractivity contribution in [3.8, 4) is 0 Å². The van der Waals surface area contributed by atoms with Crippen LogP contribution in [-0.4, -0.2) is 28.8 Å². The molecule has 3 rings (SSSR count). The largest absolute Gasteiger partial charge is 0.352 e. The summed E-state index contributed by atoms with van der Waals surface area (Å²) in [5, 5.41) is 3.14. The van der Waals surface area contributed by atoms with Crippen LogP contribution >= 0.6 is 0 Å². The van der Waals surface area contributed by atoms with Gasteiger partial charge in [-0.1, -0.05) is 61.7 Å². The van der Waals surface area contributed by atoms with Gasteiger partial charge in [-0.3, -0.25) is 9.59 Å². The second kappa shape index (κ2) is 10.4. The Labute approximate surface area is 178 Å². The Hall–Kier alpha value is -2.69. The maximum Gasteiger partial charge on any atom is 0.243 e. The minimum absolute atomic E-state index is 0.0934. The Kier molecular flexibility index (Phi) is 7.61. The molecule has 1 N–H and O–H groups in total. The molecule has 0 spiro atoms. The van der Waals surface area contributed by atoms with Crippen molar-refractivity contribution in [2.24, 2.45) is 0 Å². The van der Waals surface area contributed by atoms with E-state index in [0.29, 0.717) is 6.42 Å². The summed E-state index contributed by atoms with van der Waals surface area (Å²) in [6, 6.07) is 13.6. The molecule has 1 aliphatic carbocycles. The van der Waals surface area contributed by atoms with Gasteiger partial charge in [0.2, 0.25) is 11.8 Å². The summed E-state index contributed by atoms with van der Waals surface area (Å²) in [6.07, 6.45) is 5.02. The van der Waals surface area contributed by atoms with Gasteiger partial charge in [-0.25, -0.2) is 4.39 Å². The lowest BCUT2D eigenvalue weighted by molar-refractivity contribution is -0.141. The number of rotatable bonds is 8. The van der Waals surface area contributed by atoms with Crippen molar-refractivity contribution >= 4 is 11.8 Å². The van der Waals surface area contributed by atoms with Gasteiger partial charge in [0.15, 0.2) is 0 Å². The van der Waals surface area contributed by atoms with Crippen molar-refractivity contribution in [3.05, 3.63) is 71.0 Å². The van der Waals surface area contributed by atoms with E-state index in [-0.39, 0.29) is 36.6 Å². The molecule has 1 aliphatic rings. The van der Waals surface area contributed by atoms with Crippen molar-refractivity contribution < 1.29 is 14.0 Å². The van der Waals surface area contributed by atoms with E-state index in [9.17, 15) is 14.0 Å². The van der Waals surface area contributed by atoms with Crippen LogP contribution in [0.4, 0.5) is 4.39 Å². The van der Waals surface area contributed by atoms with Crippen molar-refractivity contribution in [3.63, 3.8) is 0 Å². The molecule has 0 aromatic heterocycles. The molecule has 0 aliphatic heterocycles. The standard InChI is InChI=1S/C25H31FN2O2/c1-3-23(25(30)27-22-9-4-5-10-22)28(17-19-11-13-21(26)14-12-19)24(29)16-20-8-6-7-18(2)15-20/h6-8,11-15,22-23H,3-5,9-10,16-17H2,1-2H3,(H,27,30). The van der Waals surface area contributed by atoms with Crippen LogP contribution in [0.5, 0.6) is 0 Å². The van der Waals surface area contributed by atoms with Crippen LogP contribution in [0.1, 0.15) is 55.7 Å². The van der Waals surface area contributed by atoms with Crippen LogP contribution in [0.2, 0.25) is 0 Å². The summed E-state index contributed by atoms with van der Waals surface area (Å²) in [5.41, 5.74) is 2.83. The average Bonchev–Trinajstić information content (AvgIpc) is 3.22. The van der Waals surface area contributed by atoms with E-state index in [1.807, 2.05) is 38.1 Å². The minimum atomic E-state index is -0.548. The molecule has 1 fully saturated rings. The zero-order valence-electron chi connectivity index (χ0n) is 17.9. The molecule has 2 aromatic carbocycles. The minimum Gasteiger partial charge on any atom is -0.352 e. The third-order valence-corrected chi connectivity index (χ3v) is 5.79. The Morgan fingerprint density at radius 1 is 1.10 bits per heavy atom. The SMILES string of the molecule is CCC(C(=O)NC1CCCC1)N(Cc1ccc(F)cc1)C(=O)Cc1cccc(C)c1. The predicted molar refractivity (Wildman–Crippen MR) is 116 cm³/mol. The first-order chi connectivity index (χ1) is 14.5. The van der Waals surface area contributed by atoms with Crippen LogP contribution < -0.4 is 5.32 Å². The Morgan fingerprint density at radius 2 is 1.80 bits per heavy atom. The Bertz CT molecular complexity index is 860. The molecule has 160 valence electrons. The lowest BCUT2D eigenvalue weighted by Crippen LogP contribution is -2.51. The topological polar surface area (TPSA) is 49.4 Å². The molecule has 0 radical (unpaired) electrons. The number of hydrogen-bond acceptors (Lipinski definition) is 2. The highest BCUT2D eigenvalue weighted by molar-refractivity contribution is 5.88. The maximum atomic E-state index is 13.3. The molecular weight excluding hydrogens is 379 g/mol. The summed E-state index contributed by atoms with van der Waals surface area (Å²) in [4.78, 5) is 28.0. The summed E-state index contributed by atoms with van der Waals surface area (Å²) in [7, 11) is 0. The number of carbonyl (C=O) groups is 2. The third-order valence-electron chi connectivity index (χ3n) is 5.79. The molecule has 1 atom stereocenters. The van der Waals surface area contributed by atoms with Crippen LogP contribution in [0.15, 0.2) is 48.5 Å². The molecule has 0 saturated heterocycles. The van der Waals surface area contributed by atoms with Gasteiger partial charge in [-0.15, -0.1) is 0 Å². The maximum absolute atomic E-state index is 13.3. The van der Waals surface area contributed by atoms with E-state index >= 15 is 0 Å². The van der Waals surface area contributed by atoms with Gasteiger partial charge in [0.05, 0.1) is 6.42 Å². The second-order valence-corrected chi connectivity index (χ2v) is 8.23. The normalized spacial score (nSPS) is 15.0. The summed E-state index contributed by atoms with van der Waals surface area (Å²) in [5.74, 6) is -0.509. The van der Waals surface area contributed by atoms with Crippen molar-refractivity contribution in [1.82, 2.24) is 10.2 Å². The van der Waals surface area contributed by atoms with Gasteiger partial charge in [-0.2, -0.15) is 0 Å². The quantitative estimate of drug-likeness (QED) is 0.694. The van der Waals surface area contributed by atoms with E-state index in [0.717, 1.165) is 42.4 Å². The first kappa shape index (κ1) is 22.0. The van der Waals surface area contributed by atoms with Gasteiger partial charge in [-0.05, 0) is 49.4 Å². The highest BCUT2D eigenvalue weighted by atomic mass is 19.1. The number of carbonyl (C=O) groups excluding carboxylic acids is 2. The van der Waals surface area contributed by atoms with Crippen molar-refractivity contribution in [1.29, 1.82) is 0 Å². The van der Waals surface area contributed by atoms with E-state index in [1.165, 1.54) is 12.1 Å². The molecule has 4 nitrogen and oxygen atoms in total. The fourth-order valence-corrected chi connectivity index (χ4v) is 4.17. The molecule has 30 heavy (non-hydrogen) atoms. The summed E-state index contributed by atoms with van der Waals surface area (Å²) >= 11 is 0. The van der Waals surface area contributed by atoms with Crippen molar-refractivity contribution in [2.45, 2.75) is 71.0 Å². The highest BCUT2D eigenvalue weighted by Gasteiger charge is 2.30. The molecule has 0 bridgehead atoms. The lowest BCUT2D eigenvalue weighted by Gasteiger charge is -2.31. The number of benzene rings is 2. The van der Waals surface area contributed by atoms with Gasteiger partial charge in [0, 0.05) is 12.6 Å². The van der Waals surface area contributed by atoms with Gasteiger partial charge >= 0.3 is 0 Å². The third kappa shape index (κ3) is 5.91. The van der Waals surface area contributed by atoms with Crippen LogP contribution in [0.3, 0.4) is 0 Å². The fourth-order valence-electron chi connectivity index (χ4n) is 4.17. The molecule has 2 amide bonds. The first-order valence-electron chi connectivity index (χ1n) is 10.9. The smallest absolute Gasteiger partial charge is 0.243 e. The second-order valence-electron chi connectivity index (χ2n) is 8.23. The van der Waals surface area contributed by atoms with Crippen molar-refractivity contribution in [2.75, 3.05) is 0 Å². The van der Waals surface area contributed by atoms with Crippen LogP contribution in [0.25, 0.3) is 0 Å². The Balaban J connectivity index is 1.81. The zero-order valence-corrected chi connectivity index (χ0v) is 17.9. The highest BCUT2D eigenvalue weighted by Crippen LogP contribution is 2.20. The van der Waals surface area contributed by atoms with E-state index in [1.54, 1.807) is 17.0 Å². The van der Waals surface area contributed by atoms with Crippen LogP contribution in [-0.2, 0) is 22.6 Å². The van der Waals surface area contributed by atoms with Crippen LogP contribution in [0, 0.1) is 12.7 Å². The molecule has 1 saturated carbocycles. The fraction of sp³-hybridized carbons (Fsp3) is 0.440. The molecule has 1 unspecified atom stereocenters. The van der Waals surface area contributed by atoms with E-state index in [2.05, 4.69) is 5.32 Å². The average molecular weight is 411 g/mol. The predicted octanol–water partition coefficient (Wildman–Crippen LogP) is 4.54. The molecule has 5 heteroatoms. The number of nitrogens with one attached hydrogen (secondary N) is 1. The number of amides is 2. The van der Waals surface area contributed by atoms with E-state index in [4.69, 9.17) is 0 Å². The summed E-state index contributed by atoms with van der Waals surface area (Å²) in [6.45, 7) is 4.20. The zero-order chi connectivity index (χ0) is 21.5. The number of nitrogens with zero attached hydrogens (tertiary/aromatic N) is 1. The Morgan fingerprint density at radius 3 is 2.43 bits per heavy atom. The monoisotopic (exact) mass is 410 g/mol. The number of hydrogen-bond donors (Lipinski definition) is 1. The number of halogens is 1. The molecule has 2 aromatic rings. The summed E-state index contributed by atoms with van der Waals surface area (Å²) < 4.78 is 13.3. The first-order valence-corrected chi connectivity index (χ1v) is 10.9. The van der Waals surface area contributed by atoms with Gasteiger partial charge in [0.25, 0.3) is 0 Å².